The van der Waals surface area contributed by atoms with E-state index in [0.29, 0.717) is 24.0 Å². The summed E-state index contributed by atoms with van der Waals surface area (Å²) in [6.07, 6.45) is 1.39. The van der Waals surface area contributed by atoms with Crippen molar-refractivity contribution in [2.45, 2.75) is 19.8 Å². The number of hydrogen-bond donors (Lipinski definition) is 0. The molecule has 0 heterocycles. The van der Waals surface area contributed by atoms with Crippen molar-refractivity contribution in [3.63, 3.8) is 0 Å². The average molecular weight is 200 g/mol. The van der Waals surface area contributed by atoms with E-state index in [2.05, 4.69) is 25.6 Å². The second kappa shape index (κ2) is 4.01. The minimum Gasteiger partial charge on any atom is -0.300 e. The van der Waals surface area contributed by atoms with Gasteiger partial charge in [-0.1, -0.05) is 43.8 Å². The van der Waals surface area contributed by atoms with E-state index in [1.807, 2.05) is 18.2 Å². The largest absolute Gasteiger partial charge is 0.300 e. The predicted octanol–water partition coefficient (Wildman–Crippen LogP) is 3.32. The van der Waals surface area contributed by atoms with Gasteiger partial charge in [-0.15, -0.1) is 0 Å². The summed E-state index contributed by atoms with van der Waals surface area (Å²) in [4.78, 5) is 11.4. The van der Waals surface area contributed by atoms with Crippen LogP contribution in [0.15, 0.2) is 36.9 Å². The van der Waals surface area contributed by atoms with Crippen LogP contribution in [0.25, 0.3) is 5.57 Å². The third-order valence-corrected chi connectivity index (χ3v) is 3.28. The van der Waals surface area contributed by atoms with E-state index in [4.69, 9.17) is 0 Å². The molecule has 1 aliphatic rings. The van der Waals surface area contributed by atoms with Gasteiger partial charge in [-0.3, -0.25) is 4.79 Å². The number of carbonyl (C=O) groups excluding carboxylic acids is 1. The molecule has 0 bridgehead atoms. The van der Waals surface area contributed by atoms with Gasteiger partial charge in [0.1, 0.15) is 5.78 Å². The maximum absolute atomic E-state index is 11.4. The first-order valence-electron chi connectivity index (χ1n) is 5.44. The number of Topliss-reactive ketones (excluding diaryl/α,β-unsaturated/α-hetero) is 1. The maximum Gasteiger partial charge on any atom is 0.133 e. The van der Waals surface area contributed by atoms with Gasteiger partial charge in [0.05, 0.1) is 0 Å². The molecular weight excluding hydrogens is 184 g/mol. The summed E-state index contributed by atoms with van der Waals surface area (Å²) in [6, 6.07) is 10.2. The number of benzene rings is 1. The van der Waals surface area contributed by atoms with E-state index in [0.717, 1.165) is 12.0 Å². The quantitative estimate of drug-likeness (QED) is 0.715. The van der Waals surface area contributed by atoms with Crippen LogP contribution < -0.4 is 0 Å². The van der Waals surface area contributed by atoms with Crippen molar-refractivity contribution in [2.24, 2.45) is 11.8 Å². The molecule has 0 saturated heterocycles. The molecule has 0 aromatic heterocycles. The minimum atomic E-state index is 0.347. The lowest BCUT2D eigenvalue weighted by Gasteiger charge is -2.17. The Morgan fingerprint density at radius 2 is 1.93 bits per heavy atom. The van der Waals surface area contributed by atoms with E-state index in [-0.39, 0.29) is 0 Å². The van der Waals surface area contributed by atoms with Crippen molar-refractivity contribution in [1.29, 1.82) is 0 Å². The topological polar surface area (TPSA) is 17.1 Å². The van der Waals surface area contributed by atoms with Gasteiger partial charge in [-0.05, 0) is 23.0 Å². The fourth-order valence-electron chi connectivity index (χ4n) is 2.36. The van der Waals surface area contributed by atoms with E-state index in [1.165, 1.54) is 5.56 Å². The van der Waals surface area contributed by atoms with Crippen molar-refractivity contribution in [2.75, 3.05) is 0 Å². The summed E-state index contributed by atoms with van der Waals surface area (Å²) in [5.74, 6) is 1.18. The van der Waals surface area contributed by atoms with Crippen LogP contribution in [-0.4, -0.2) is 5.78 Å². The molecule has 1 aromatic carbocycles. The van der Waals surface area contributed by atoms with E-state index in [1.54, 1.807) is 0 Å². The lowest BCUT2D eigenvalue weighted by molar-refractivity contribution is -0.117. The van der Waals surface area contributed by atoms with Crippen LogP contribution in [0.4, 0.5) is 0 Å². The molecule has 0 spiro atoms. The van der Waals surface area contributed by atoms with Gasteiger partial charge in [0.15, 0.2) is 0 Å². The van der Waals surface area contributed by atoms with Crippen LogP contribution >= 0.6 is 0 Å². The van der Waals surface area contributed by atoms with Crippen LogP contribution in [0.5, 0.6) is 0 Å². The second-order valence-corrected chi connectivity index (χ2v) is 4.42. The monoisotopic (exact) mass is 200 g/mol. The molecule has 0 radical (unpaired) electrons. The lowest BCUT2D eigenvalue weighted by Crippen LogP contribution is -2.05. The number of carbonyl (C=O) groups is 1. The Bertz CT molecular complexity index is 378. The SMILES string of the molecule is C=C(c1ccccc1)[C@H]1CC(=O)C[C@H]1C. The molecule has 15 heavy (non-hydrogen) atoms. The van der Waals surface area contributed by atoms with Crippen molar-refractivity contribution < 1.29 is 4.79 Å². The van der Waals surface area contributed by atoms with Gasteiger partial charge >= 0.3 is 0 Å². The number of allylic oxidation sites excluding steroid dienone is 1. The standard InChI is InChI=1S/C14H16O/c1-10-8-13(15)9-14(10)11(2)12-6-4-3-5-7-12/h3-7,10,14H,2,8-9H2,1H3/t10-,14+/m1/s1. The summed E-state index contributed by atoms with van der Waals surface area (Å²) in [7, 11) is 0. The summed E-state index contributed by atoms with van der Waals surface area (Å²) in [6.45, 7) is 6.28. The molecule has 78 valence electrons. The number of rotatable bonds is 2. The Morgan fingerprint density at radius 1 is 1.27 bits per heavy atom. The predicted molar refractivity (Wildman–Crippen MR) is 62.4 cm³/mol. The third kappa shape index (κ3) is 2.01. The molecule has 0 unspecified atom stereocenters. The van der Waals surface area contributed by atoms with Gasteiger partial charge in [-0.2, -0.15) is 0 Å². The van der Waals surface area contributed by atoms with Gasteiger partial charge < -0.3 is 0 Å². The molecule has 0 aliphatic heterocycles. The summed E-state index contributed by atoms with van der Waals surface area (Å²) < 4.78 is 0. The Kier molecular flexibility index (Phi) is 2.72. The molecule has 0 amide bonds. The van der Waals surface area contributed by atoms with Crippen molar-refractivity contribution in [1.82, 2.24) is 0 Å². The van der Waals surface area contributed by atoms with E-state index < -0.39 is 0 Å². The zero-order valence-electron chi connectivity index (χ0n) is 9.07. The minimum absolute atomic E-state index is 0.347. The third-order valence-electron chi connectivity index (χ3n) is 3.28. The van der Waals surface area contributed by atoms with Crippen molar-refractivity contribution in [3.05, 3.63) is 42.5 Å². The van der Waals surface area contributed by atoms with Crippen molar-refractivity contribution >= 4 is 11.4 Å². The zero-order valence-corrected chi connectivity index (χ0v) is 9.07. The zero-order chi connectivity index (χ0) is 10.8. The first-order chi connectivity index (χ1) is 7.18. The lowest BCUT2D eigenvalue weighted by atomic mass is 9.87. The molecule has 1 heteroatoms. The van der Waals surface area contributed by atoms with Crippen LogP contribution in [0.2, 0.25) is 0 Å². The number of hydrogen-bond acceptors (Lipinski definition) is 1. The van der Waals surface area contributed by atoms with Gasteiger partial charge in [0, 0.05) is 12.8 Å². The first kappa shape index (κ1) is 10.2. The van der Waals surface area contributed by atoms with Gasteiger partial charge in [-0.25, -0.2) is 0 Å². The average Bonchev–Trinajstić information content (AvgIpc) is 2.58. The van der Waals surface area contributed by atoms with Crippen LogP contribution in [0.1, 0.15) is 25.3 Å². The highest BCUT2D eigenvalue weighted by Gasteiger charge is 2.31. The Morgan fingerprint density at radius 3 is 2.47 bits per heavy atom. The maximum atomic E-state index is 11.4. The van der Waals surface area contributed by atoms with Crippen LogP contribution in [-0.2, 0) is 4.79 Å². The molecular formula is C14H16O. The summed E-state index contributed by atoms with van der Waals surface area (Å²) in [5.41, 5.74) is 2.29. The fraction of sp³-hybridized carbons (Fsp3) is 0.357. The fourth-order valence-corrected chi connectivity index (χ4v) is 2.36. The summed E-state index contributed by atoms with van der Waals surface area (Å²) >= 11 is 0. The van der Waals surface area contributed by atoms with E-state index in [9.17, 15) is 4.79 Å². The molecule has 2 atom stereocenters. The Hall–Kier alpha value is -1.37. The molecule has 1 aromatic rings. The molecule has 0 N–H and O–H groups in total. The number of ketones is 1. The van der Waals surface area contributed by atoms with Gasteiger partial charge in [0.25, 0.3) is 0 Å². The highest BCUT2D eigenvalue weighted by atomic mass is 16.1. The molecule has 1 fully saturated rings. The normalized spacial score (nSPS) is 25.5. The Balaban J connectivity index is 2.19. The van der Waals surface area contributed by atoms with Gasteiger partial charge in [0.2, 0.25) is 0 Å². The summed E-state index contributed by atoms with van der Waals surface area (Å²) in [5, 5.41) is 0. The highest BCUT2D eigenvalue weighted by Crippen LogP contribution is 2.37. The first-order valence-corrected chi connectivity index (χ1v) is 5.44. The Labute approximate surface area is 90.8 Å². The van der Waals surface area contributed by atoms with Crippen LogP contribution in [0.3, 0.4) is 0 Å². The van der Waals surface area contributed by atoms with Crippen molar-refractivity contribution in [3.8, 4) is 0 Å². The smallest absolute Gasteiger partial charge is 0.133 e. The molecule has 1 aliphatic carbocycles. The second-order valence-electron chi connectivity index (χ2n) is 4.42. The van der Waals surface area contributed by atoms with E-state index >= 15 is 0 Å². The molecule has 1 saturated carbocycles. The molecule has 2 rings (SSSR count). The highest BCUT2D eigenvalue weighted by molar-refractivity contribution is 5.85. The van der Waals surface area contributed by atoms with Crippen LogP contribution in [0, 0.1) is 11.8 Å². The molecule has 1 nitrogen and oxygen atoms in total.